The number of nitrogens with one attached hydrogen (secondary N) is 1. The molecule has 0 aliphatic carbocycles. The number of methoxy groups -OCH3 is 1. The molecule has 0 saturated carbocycles. The van der Waals surface area contributed by atoms with Crippen molar-refractivity contribution >= 4 is 39.1 Å². The smallest absolute Gasteiger partial charge is 0.328 e. The van der Waals surface area contributed by atoms with E-state index in [1.807, 2.05) is 31.2 Å². The highest BCUT2D eigenvalue weighted by Crippen LogP contribution is 2.28. The van der Waals surface area contributed by atoms with Crippen LogP contribution < -0.4 is 10.9 Å². The van der Waals surface area contributed by atoms with Crippen LogP contribution >= 0.6 is 11.3 Å². The fraction of sp³-hybridized carbons (Fsp3) is 0.263. The second-order valence-corrected chi connectivity index (χ2v) is 7.16. The predicted molar refractivity (Wildman–Crippen MR) is 104 cm³/mol. The molecule has 140 valence electrons. The third kappa shape index (κ3) is 3.35. The van der Waals surface area contributed by atoms with Crippen LogP contribution in [0.3, 0.4) is 0 Å². The Labute approximate surface area is 159 Å². The quantitative estimate of drug-likeness (QED) is 0.697. The molecule has 0 fully saturated rings. The highest BCUT2D eigenvalue weighted by atomic mass is 32.1. The lowest BCUT2D eigenvalue weighted by molar-refractivity contribution is -0.144. The van der Waals surface area contributed by atoms with Crippen molar-refractivity contribution in [1.82, 2.24) is 9.55 Å². The number of anilines is 1. The van der Waals surface area contributed by atoms with Crippen LogP contribution in [-0.4, -0.2) is 28.5 Å². The first-order valence-electron chi connectivity index (χ1n) is 8.30. The third-order valence-electron chi connectivity index (χ3n) is 4.44. The second-order valence-electron chi connectivity index (χ2n) is 6.16. The molecule has 0 saturated heterocycles. The minimum Gasteiger partial charge on any atom is -0.467 e. The van der Waals surface area contributed by atoms with E-state index in [-0.39, 0.29) is 11.5 Å². The van der Waals surface area contributed by atoms with Crippen LogP contribution in [0.15, 0.2) is 35.4 Å². The number of para-hydroxylation sites is 1. The molecule has 27 heavy (non-hydrogen) atoms. The maximum absolute atomic E-state index is 12.8. The third-order valence-corrected chi connectivity index (χ3v) is 5.63. The Morgan fingerprint density at radius 3 is 2.63 bits per heavy atom. The van der Waals surface area contributed by atoms with E-state index >= 15 is 0 Å². The van der Waals surface area contributed by atoms with E-state index in [4.69, 9.17) is 4.74 Å². The van der Waals surface area contributed by atoms with Gasteiger partial charge in [0.2, 0.25) is 0 Å². The summed E-state index contributed by atoms with van der Waals surface area (Å²) in [7, 11) is 1.26. The molecule has 1 atom stereocenters. The zero-order chi connectivity index (χ0) is 19.7. The Balaban J connectivity index is 2.04. The number of benzene rings is 1. The summed E-state index contributed by atoms with van der Waals surface area (Å²) >= 11 is 1.15. The number of hydrogen-bond donors (Lipinski definition) is 1. The molecule has 8 heteroatoms. The molecule has 0 aliphatic rings. The first-order chi connectivity index (χ1) is 12.8. The molecule has 2 aromatic heterocycles. The molecule has 0 aliphatic heterocycles. The molecule has 1 amide bonds. The SMILES string of the molecule is COC(=O)[C@@H](C)n1cnc2sc(C(=O)Nc3ccccc3C)c(C)c2c1=O. The largest absolute Gasteiger partial charge is 0.467 e. The molecule has 0 unspecified atom stereocenters. The lowest BCUT2D eigenvalue weighted by Crippen LogP contribution is -2.29. The number of rotatable bonds is 4. The van der Waals surface area contributed by atoms with Crippen molar-refractivity contribution in [3.63, 3.8) is 0 Å². The normalized spacial score (nSPS) is 12.0. The Bertz CT molecular complexity index is 1100. The molecule has 0 spiro atoms. The second kappa shape index (κ2) is 7.32. The highest BCUT2D eigenvalue weighted by molar-refractivity contribution is 7.20. The van der Waals surface area contributed by atoms with Crippen molar-refractivity contribution in [2.24, 2.45) is 0 Å². The molecular weight excluding hydrogens is 366 g/mol. The highest BCUT2D eigenvalue weighted by Gasteiger charge is 2.23. The van der Waals surface area contributed by atoms with Crippen molar-refractivity contribution in [1.29, 1.82) is 0 Å². The topological polar surface area (TPSA) is 90.3 Å². The van der Waals surface area contributed by atoms with Crippen LogP contribution in [-0.2, 0) is 9.53 Å². The number of amides is 1. The molecule has 1 aromatic carbocycles. The van der Waals surface area contributed by atoms with Gasteiger partial charge in [-0.1, -0.05) is 18.2 Å². The molecule has 0 radical (unpaired) electrons. The number of fused-ring (bicyclic) bond motifs is 1. The summed E-state index contributed by atoms with van der Waals surface area (Å²) in [6, 6.07) is 6.66. The summed E-state index contributed by atoms with van der Waals surface area (Å²) in [5.74, 6) is -0.833. The summed E-state index contributed by atoms with van der Waals surface area (Å²) in [6.07, 6.45) is 1.31. The van der Waals surface area contributed by atoms with Crippen molar-refractivity contribution in [3.05, 3.63) is 57.0 Å². The zero-order valence-electron chi connectivity index (χ0n) is 15.4. The first kappa shape index (κ1) is 18.8. The van der Waals surface area contributed by atoms with E-state index < -0.39 is 12.0 Å². The van der Waals surface area contributed by atoms with Crippen LogP contribution in [0.1, 0.15) is 33.8 Å². The lowest BCUT2D eigenvalue weighted by Gasteiger charge is -2.12. The lowest BCUT2D eigenvalue weighted by atomic mass is 10.1. The average Bonchev–Trinajstić information content (AvgIpc) is 3.00. The minimum atomic E-state index is -0.803. The van der Waals surface area contributed by atoms with Gasteiger partial charge in [0.1, 0.15) is 10.9 Å². The maximum atomic E-state index is 12.8. The van der Waals surface area contributed by atoms with E-state index in [0.29, 0.717) is 26.3 Å². The summed E-state index contributed by atoms with van der Waals surface area (Å²) in [4.78, 5) is 42.5. The average molecular weight is 385 g/mol. The van der Waals surface area contributed by atoms with Crippen molar-refractivity contribution < 1.29 is 14.3 Å². The first-order valence-corrected chi connectivity index (χ1v) is 9.11. The van der Waals surface area contributed by atoms with Gasteiger partial charge in [0.05, 0.1) is 23.7 Å². The number of hydrogen-bond acceptors (Lipinski definition) is 6. The zero-order valence-corrected chi connectivity index (χ0v) is 16.2. The van der Waals surface area contributed by atoms with Crippen LogP contribution in [0.5, 0.6) is 0 Å². The Kier molecular flexibility index (Phi) is 5.09. The van der Waals surface area contributed by atoms with E-state index in [1.54, 1.807) is 13.8 Å². The number of nitrogens with zero attached hydrogens (tertiary/aromatic N) is 2. The van der Waals surface area contributed by atoms with Crippen molar-refractivity contribution in [2.45, 2.75) is 26.8 Å². The maximum Gasteiger partial charge on any atom is 0.328 e. The van der Waals surface area contributed by atoms with Gasteiger partial charge in [-0.3, -0.25) is 14.2 Å². The van der Waals surface area contributed by atoms with Gasteiger partial charge < -0.3 is 10.1 Å². The van der Waals surface area contributed by atoms with Gasteiger partial charge >= 0.3 is 5.97 Å². The number of carbonyl (C=O) groups excluding carboxylic acids is 2. The standard InChI is InChI=1S/C19H19N3O4S/c1-10-7-5-6-8-13(10)21-16(23)15-11(2)14-17(27-15)20-9-22(18(14)24)12(3)19(25)26-4/h5-9,12H,1-4H3,(H,21,23)/t12-/m1/s1. The molecule has 7 nitrogen and oxygen atoms in total. The van der Waals surface area contributed by atoms with Crippen LogP contribution in [0.25, 0.3) is 10.2 Å². The summed E-state index contributed by atoms with van der Waals surface area (Å²) in [5, 5.41) is 3.21. The van der Waals surface area contributed by atoms with Crippen molar-refractivity contribution in [2.75, 3.05) is 12.4 Å². The fourth-order valence-corrected chi connectivity index (χ4v) is 3.84. The van der Waals surface area contributed by atoms with Gasteiger partial charge in [0.15, 0.2) is 0 Å². The number of ether oxygens (including phenoxy) is 1. The van der Waals surface area contributed by atoms with Crippen LogP contribution in [0.4, 0.5) is 5.69 Å². The van der Waals surface area contributed by atoms with E-state index in [0.717, 1.165) is 16.9 Å². The minimum absolute atomic E-state index is 0.295. The Morgan fingerprint density at radius 2 is 1.96 bits per heavy atom. The summed E-state index contributed by atoms with van der Waals surface area (Å²) in [6.45, 7) is 5.18. The number of carbonyl (C=O) groups is 2. The molecule has 1 N–H and O–H groups in total. The van der Waals surface area contributed by atoms with Gasteiger partial charge in [-0.15, -0.1) is 11.3 Å². The van der Waals surface area contributed by atoms with Gasteiger partial charge in [-0.25, -0.2) is 9.78 Å². The fourth-order valence-electron chi connectivity index (χ4n) is 2.81. The van der Waals surface area contributed by atoms with E-state index in [2.05, 4.69) is 10.3 Å². The van der Waals surface area contributed by atoms with E-state index in [9.17, 15) is 14.4 Å². The van der Waals surface area contributed by atoms with Gasteiger partial charge in [0.25, 0.3) is 11.5 Å². The Hall–Kier alpha value is -3.00. The number of aryl methyl sites for hydroxylation is 2. The van der Waals surface area contributed by atoms with E-state index in [1.165, 1.54) is 18.0 Å². The number of esters is 1. The monoisotopic (exact) mass is 385 g/mol. The molecule has 2 heterocycles. The molecule has 3 aromatic rings. The number of thiophene rings is 1. The predicted octanol–water partition coefficient (Wildman–Crippen LogP) is 3.06. The molecule has 3 rings (SSSR count). The molecule has 0 bridgehead atoms. The van der Waals surface area contributed by atoms with Gasteiger partial charge in [-0.2, -0.15) is 0 Å². The van der Waals surface area contributed by atoms with Crippen molar-refractivity contribution in [3.8, 4) is 0 Å². The van der Waals surface area contributed by atoms with Gasteiger partial charge in [0, 0.05) is 5.69 Å². The molecular formula is C19H19N3O4S. The summed E-state index contributed by atoms with van der Waals surface area (Å²) in [5.41, 5.74) is 1.83. The van der Waals surface area contributed by atoms with Gasteiger partial charge in [-0.05, 0) is 38.0 Å². The van der Waals surface area contributed by atoms with Crippen LogP contribution in [0, 0.1) is 13.8 Å². The Morgan fingerprint density at radius 1 is 1.26 bits per heavy atom. The number of aromatic nitrogens is 2. The van der Waals surface area contributed by atoms with Crippen LogP contribution in [0.2, 0.25) is 0 Å². The summed E-state index contributed by atoms with van der Waals surface area (Å²) < 4.78 is 5.92.